The molecule has 1 amide bonds. The molecule has 0 fully saturated rings. The number of nitrogens with one attached hydrogen (secondary N) is 1. The van der Waals surface area contributed by atoms with Crippen LogP contribution in [0.5, 0.6) is 0 Å². The summed E-state index contributed by atoms with van der Waals surface area (Å²) in [7, 11) is -4.22. The van der Waals surface area contributed by atoms with Crippen molar-refractivity contribution < 1.29 is 22.0 Å². The first-order valence-electron chi connectivity index (χ1n) is 5.77. The Hall–Kier alpha value is -2.03. The number of hydrogen-bond donors (Lipinski definition) is 2. The summed E-state index contributed by atoms with van der Waals surface area (Å²) in [6, 6.07) is 6.31. The molecule has 0 saturated heterocycles. The number of carbonyl (C=O) groups excluding carboxylic acids is 1. The van der Waals surface area contributed by atoms with Crippen molar-refractivity contribution >= 4 is 33.2 Å². The molecule has 0 aliphatic heterocycles. The Morgan fingerprint density at radius 1 is 1.18 bits per heavy atom. The van der Waals surface area contributed by atoms with Crippen LogP contribution in [-0.4, -0.2) is 14.3 Å². The smallest absolute Gasteiger partial charge is 0.258 e. The van der Waals surface area contributed by atoms with Crippen LogP contribution in [0.3, 0.4) is 0 Å². The van der Waals surface area contributed by atoms with Crippen molar-refractivity contribution in [2.24, 2.45) is 5.14 Å². The van der Waals surface area contributed by atoms with Crippen molar-refractivity contribution in [3.63, 3.8) is 0 Å². The van der Waals surface area contributed by atoms with Crippen LogP contribution in [0, 0.1) is 11.6 Å². The fourth-order valence-corrected chi connectivity index (χ4v) is 2.77. The zero-order chi connectivity index (χ0) is 16.5. The maximum absolute atomic E-state index is 13.8. The number of anilines is 1. The van der Waals surface area contributed by atoms with E-state index in [4.69, 9.17) is 16.7 Å². The van der Waals surface area contributed by atoms with Crippen LogP contribution in [0.15, 0.2) is 41.3 Å². The summed E-state index contributed by atoms with van der Waals surface area (Å²) in [5, 5.41) is 6.73. The lowest BCUT2D eigenvalue weighted by Crippen LogP contribution is -2.18. The Balaban J connectivity index is 2.42. The SMILES string of the molecule is NS(=O)(=O)c1cc(C(=O)Nc2cccc(F)c2)c(F)cc1Cl. The number of benzene rings is 2. The largest absolute Gasteiger partial charge is 0.322 e. The molecule has 0 aromatic heterocycles. The Bertz CT molecular complexity index is 856. The van der Waals surface area contributed by atoms with E-state index < -0.39 is 43.0 Å². The minimum atomic E-state index is -4.22. The summed E-state index contributed by atoms with van der Waals surface area (Å²) in [5.41, 5.74) is -0.505. The van der Waals surface area contributed by atoms with Gasteiger partial charge < -0.3 is 5.32 Å². The molecule has 116 valence electrons. The number of sulfonamides is 1. The van der Waals surface area contributed by atoms with Crippen molar-refractivity contribution in [3.05, 3.63) is 58.6 Å². The molecule has 0 saturated carbocycles. The van der Waals surface area contributed by atoms with Crippen LogP contribution in [0.25, 0.3) is 0 Å². The van der Waals surface area contributed by atoms with Gasteiger partial charge in [-0.3, -0.25) is 4.79 Å². The van der Waals surface area contributed by atoms with Gasteiger partial charge >= 0.3 is 0 Å². The van der Waals surface area contributed by atoms with Gasteiger partial charge in [0.05, 0.1) is 10.6 Å². The van der Waals surface area contributed by atoms with Gasteiger partial charge in [0.1, 0.15) is 16.5 Å². The first kappa shape index (κ1) is 16.3. The number of primary sulfonamides is 1. The van der Waals surface area contributed by atoms with E-state index in [1.807, 2.05) is 0 Å². The fraction of sp³-hybridized carbons (Fsp3) is 0. The summed E-state index contributed by atoms with van der Waals surface area (Å²) in [4.78, 5) is 11.4. The van der Waals surface area contributed by atoms with Gasteiger partial charge in [0, 0.05) is 5.69 Å². The highest BCUT2D eigenvalue weighted by Crippen LogP contribution is 2.25. The van der Waals surface area contributed by atoms with Crippen LogP contribution in [-0.2, 0) is 10.0 Å². The van der Waals surface area contributed by atoms with Crippen molar-refractivity contribution in [1.82, 2.24) is 0 Å². The summed E-state index contributed by atoms with van der Waals surface area (Å²) < 4.78 is 49.5. The molecule has 0 bridgehead atoms. The van der Waals surface area contributed by atoms with Crippen molar-refractivity contribution in [3.8, 4) is 0 Å². The third-order valence-corrected chi connectivity index (χ3v) is 4.03. The molecule has 0 aliphatic carbocycles. The number of nitrogens with two attached hydrogens (primary N) is 1. The Morgan fingerprint density at radius 2 is 1.86 bits per heavy atom. The van der Waals surface area contributed by atoms with E-state index in [0.29, 0.717) is 6.07 Å². The number of carbonyl (C=O) groups is 1. The zero-order valence-electron chi connectivity index (χ0n) is 10.8. The second-order valence-corrected chi connectivity index (χ2v) is 6.21. The van der Waals surface area contributed by atoms with Crippen molar-refractivity contribution in [1.29, 1.82) is 0 Å². The quantitative estimate of drug-likeness (QED) is 0.894. The number of rotatable bonds is 3. The van der Waals surface area contributed by atoms with E-state index in [0.717, 1.165) is 18.2 Å². The van der Waals surface area contributed by atoms with E-state index in [2.05, 4.69) is 5.32 Å². The molecule has 2 aromatic rings. The summed E-state index contributed by atoms with van der Waals surface area (Å²) in [5.74, 6) is -2.60. The van der Waals surface area contributed by atoms with Gasteiger partial charge in [-0.1, -0.05) is 17.7 Å². The van der Waals surface area contributed by atoms with Crippen LogP contribution in [0.1, 0.15) is 10.4 Å². The second-order valence-electron chi connectivity index (χ2n) is 4.27. The van der Waals surface area contributed by atoms with Gasteiger partial charge in [-0.25, -0.2) is 22.3 Å². The van der Waals surface area contributed by atoms with E-state index in [1.54, 1.807) is 0 Å². The lowest BCUT2D eigenvalue weighted by Gasteiger charge is -2.09. The van der Waals surface area contributed by atoms with Gasteiger partial charge in [-0.05, 0) is 30.3 Å². The number of amides is 1. The summed E-state index contributed by atoms with van der Waals surface area (Å²) >= 11 is 5.59. The first-order chi connectivity index (χ1) is 10.2. The maximum Gasteiger partial charge on any atom is 0.258 e. The molecule has 3 N–H and O–H groups in total. The van der Waals surface area contributed by atoms with Gasteiger partial charge in [-0.2, -0.15) is 0 Å². The Morgan fingerprint density at radius 3 is 2.45 bits per heavy atom. The van der Waals surface area contributed by atoms with Gasteiger partial charge in [0.2, 0.25) is 10.0 Å². The molecule has 0 atom stereocenters. The van der Waals surface area contributed by atoms with Crippen molar-refractivity contribution in [2.75, 3.05) is 5.32 Å². The van der Waals surface area contributed by atoms with E-state index in [-0.39, 0.29) is 5.69 Å². The fourth-order valence-electron chi connectivity index (χ4n) is 1.69. The monoisotopic (exact) mass is 346 g/mol. The molecule has 9 heteroatoms. The topological polar surface area (TPSA) is 89.3 Å². The minimum absolute atomic E-state index is 0.0801. The average Bonchev–Trinajstić information content (AvgIpc) is 2.36. The highest BCUT2D eigenvalue weighted by molar-refractivity contribution is 7.89. The lowest BCUT2D eigenvalue weighted by molar-refractivity contribution is 0.102. The Labute approximate surface area is 129 Å². The van der Waals surface area contributed by atoms with E-state index >= 15 is 0 Å². The molecule has 22 heavy (non-hydrogen) atoms. The highest BCUT2D eigenvalue weighted by atomic mass is 35.5. The minimum Gasteiger partial charge on any atom is -0.322 e. The standard InChI is InChI=1S/C13H9ClF2N2O3S/c14-10-6-11(16)9(5-12(10)22(17,20)21)13(19)18-8-3-1-2-7(15)4-8/h1-6H,(H,18,19)(H2,17,20,21). The molecular weight excluding hydrogens is 338 g/mol. The van der Waals surface area contributed by atoms with Crippen LogP contribution < -0.4 is 10.5 Å². The molecule has 0 spiro atoms. The molecule has 0 radical (unpaired) electrons. The predicted molar refractivity (Wildman–Crippen MR) is 77.1 cm³/mol. The predicted octanol–water partition coefficient (Wildman–Crippen LogP) is 2.52. The molecule has 5 nitrogen and oxygen atoms in total. The van der Waals surface area contributed by atoms with E-state index in [1.165, 1.54) is 12.1 Å². The molecule has 2 aromatic carbocycles. The third kappa shape index (κ3) is 3.59. The lowest BCUT2D eigenvalue weighted by atomic mass is 10.2. The van der Waals surface area contributed by atoms with Crippen molar-refractivity contribution in [2.45, 2.75) is 4.90 Å². The zero-order valence-corrected chi connectivity index (χ0v) is 12.4. The van der Waals surface area contributed by atoms with E-state index in [9.17, 15) is 22.0 Å². The van der Waals surface area contributed by atoms with Crippen LogP contribution >= 0.6 is 11.6 Å². The second kappa shape index (κ2) is 5.99. The average molecular weight is 347 g/mol. The number of halogens is 3. The summed E-state index contributed by atoms with van der Waals surface area (Å²) in [6.07, 6.45) is 0. The first-order valence-corrected chi connectivity index (χ1v) is 7.69. The van der Waals surface area contributed by atoms with Gasteiger partial charge in [-0.15, -0.1) is 0 Å². The van der Waals surface area contributed by atoms with Crippen LogP contribution in [0.2, 0.25) is 5.02 Å². The molecule has 0 aliphatic rings. The summed E-state index contributed by atoms with van der Waals surface area (Å²) in [6.45, 7) is 0. The molecule has 2 rings (SSSR count). The highest BCUT2D eigenvalue weighted by Gasteiger charge is 2.20. The normalized spacial score (nSPS) is 11.3. The third-order valence-electron chi connectivity index (χ3n) is 2.66. The maximum atomic E-state index is 13.8. The molecule has 0 unspecified atom stereocenters. The molecule has 0 heterocycles. The number of hydrogen-bond acceptors (Lipinski definition) is 3. The molecular formula is C13H9ClF2N2O3S. The van der Waals surface area contributed by atoms with Gasteiger partial charge in [0.25, 0.3) is 5.91 Å². The van der Waals surface area contributed by atoms with Crippen LogP contribution in [0.4, 0.5) is 14.5 Å². The Kier molecular flexibility index (Phi) is 4.45. The van der Waals surface area contributed by atoms with Gasteiger partial charge in [0.15, 0.2) is 0 Å².